The molecule has 9 heteroatoms. The number of hydrogen-bond acceptors (Lipinski definition) is 8. The van der Waals surface area contributed by atoms with Crippen molar-refractivity contribution in [1.82, 2.24) is 0 Å². The van der Waals surface area contributed by atoms with E-state index in [-0.39, 0.29) is 50.9 Å². The van der Waals surface area contributed by atoms with Crippen molar-refractivity contribution in [2.45, 2.75) is 27.7 Å². The number of ether oxygens (including phenoxy) is 4. The van der Waals surface area contributed by atoms with Crippen LogP contribution < -0.4 is 18.9 Å². The molecule has 0 fully saturated rings. The molecule has 0 unspecified atom stereocenters. The highest BCUT2D eigenvalue weighted by Gasteiger charge is 2.15. The van der Waals surface area contributed by atoms with Crippen LogP contribution >= 0.6 is 0 Å². The zero-order valence-electron chi connectivity index (χ0n) is 25.3. The summed E-state index contributed by atoms with van der Waals surface area (Å²) in [4.78, 5) is 48.4. The summed E-state index contributed by atoms with van der Waals surface area (Å²) in [7, 11) is 0. The number of carbonyl (C=O) groups excluding carboxylic acids is 4. The van der Waals surface area contributed by atoms with E-state index in [9.17, 15) is 19.2 Å². The summed E-state index contributed by atoms with van der Waals surface area (Å²) in [6, 6.07) is 13.1. The molecule has 0 heterocycles. The third kappa shape index (κ3) is 9.59. The minimum atomic E-state index is -0.688. The van der Waals surface area contributed by atoms with Gasteiger partial charge in [0.15, 0.2) is 0 Å². The Labute approximate surface area is 260 Å². The highest BCUT2D eigenvalue weighted by atomic mass is 19.1. The first kappa shape index (κ1) is 33.7. The van der Waals surface area contributed by atoms with Gasteiger partial charge < -0.3 is 18.9 Å². The summed E-state index contributed by atoms with van der Waals surface area (Å²) in [5.74, 6) is -3.04. The molecule has 45 heavy (non-hydrogen) atoms. The minimum Gasteiger partial charge on any atom is -0.423 e. The lowest BCUT2D eigenvalue weighted by atomic mass is 10.0. The van der Waals surface area contributed by atoms with Crippen molar-refractivity contribution in [3.63, 3.8) is 0 Å². The monoisotopic (exact) mass is 610 g/mol. The van der Waals surface area contributed by atoms with Gasteiger partial charge in [-0.05, 0) is 74.7 Å². The van der Waals surface area contributed by atoms with Crippen LogP contribution in [0.4, 0.5) is 4.39 Å². The van der Waals surface area contributed by atoms with E-state index >= 15 is 4.39 Å². The Hall–Kier alpha value is -5.83. The molecular formula is C36H31FO8. The molecule has 8 nitrogen and oxygen atoms in total. The molecule has 0 atom stereocenters. The van der Waals surface area contributed by atoms with Gasteiger partial charge in [0.25, 0.3) is 0 Å². The van der Waals surface area contributed by atoms with Crippen LogP contribution in [0.25, 0.3) is 23.3 Å². The van der Waals surface area contributed by atoms with Crippen molar-refractivity contribution in [2.24, 2.45) is 0 Å². The van der Waals surface area contributed by atoms with Gasteiger partial charge in [-0.25, -0.2) is 23.6 Å². The predicted molar refractivity (Wildman–Crippen MR) is 169 cm³/mol. The summed E-state index contributed by atoms with van der Waals surface area (Å²) in [6.45, 7) is 20.2. The molecule has 0 bridgehead atoms. The van der Waals surface area contributed by atoms with Crippen LogP contribution in [0.1, 0.15) is 38.8 Å². The van der Waals surface area contributed by atoms with Crippen LogP contribution in [0.5, 0.6) is 23.0 Å². The van der Waals surface area contributed by atoms with Gasteiger partial charge in [-0.1, -0.05) is 50.6 Å². The van der Waals surface area contributed by atoms with Crippen molar-refractivity contribution in [1.29, 1.82) is 0 Å². The third-order valence-corrected chi connectivity index (χ3v) is 5.81. The second kappa shape index (κ2) is 14.6. The number of rotatable bonds is 11. The van der Waals surface area contributed by atoms with Crippen molar-refractivity contribution >= 4 is 36.0 Å². The molecule has 3 aromatic rings. The summed E-state index contributed by atoms with van der Waals surface area (Å²) in [6.07, 6.45) is 3.02. The molecule has 0 aliphatic rings. The van der Waals surface area contributed by atoms with Crippen LogP contribution in [0, 0.1) is 5.82 Å². The molecule has 3 rings (SSSR count). The van der Waals surface area contributed by atoms with Gasteiger partial charge in [-0.15, -0.1) is 0 Å². The first-order chi connectivity index (χ1) is 21.1. The van der Waals surface area contributed by atoms with Gasteiger partial charge >= 0.3 is 23.9 Å². The maximum absolute atomic E-state index is 15.3. The Morgan fingerprint density at radius 1 is 0.533 bits per heavy atom. The van der Waals surface area contributed by atoms with Gasteiger partial charge in [-0.2, -0.15) is 0 Å². The van der Waals surface area contributed by atoms with Crippen LogP contribution in [-0.2, 0) is 19.2 Å². The van der Waals surface area contributed by atoms with E-state index in [1.165, 1.54) is 82.3 Å². The molecule has 0 saturated carbocycles. The number of esters is 4. The number of carbonyl (C=O) groups is 4. The second-order valence-electron chi connectivity index (χ2n) is 10.2. The Kier molecular flexibility index (Phi) is 10.9. The van der Waals surface area contributed by atoms with Crippen LogP contribution in [-0.4, -0.2) is 23.9 Å². The lowest BCUT2D eigenvalue weighted by Crippen LogP contribution is -2.10. The van der Waals surface area contributed by atoms with E-state index in [0.717, 1.165) is 0 Å². The van der Waals surface area contributed by atoms with Crippen LogP contribution in [0.15, 0.2) is 103 Å². The predicted octanol–water partition coefficient (Wildman–Crippen LogP) is 7.59. The van der Waals surface area contributed by atoms with Gasteiger partial charge in [0, 0.05) is 40.0 Å². The molecule has 3 aromatic carbocycles. The normalized spacial score (nSPS) is 10.5. The fourth-order valence-electron chi connectivity index (χ4n) is 3.47. The minimum absolute atomic E-state index is 0.0600. The van der Waals surface area contributed by atoms with Crippen LogP contribution in [0.3, 0.4) is 0 Å². The van der Waals surface area contributed by atoms with Crippen molar-refractivity contribution < 1.29 is 42.5 Å². The van der Waals surface area contributed by atoms with Crippen molar-refractivity contribution in [3.05, 3.63) is 120 Å². The average molecular weight is 611 g/mol. The lowest BCUT2D eigenvalue weighted by Gasteiger charge is -2.12. The Balaban J connectivity index is 1.97. The van der Waals surface area contributed by atoms with E-state index in [2.05, 4.69) is 26.3 Å². The molecular weight excluding hydrogens is 579 g/mol. The SMILES string of the molecule is C=C(C)C(=O)Oc1cc(/C=C/c2ccc(-c3cc(OC(=O)C(=C)C)cc(OC(=O)C(=C)C)c3)cc2F)cc(OC(=O)C(=C)C)c1. The second-order valence-corrected chi connectivity index (χ2v) is 10.2. The van der Waals surface area contributed by atoms with Gasteiger partial charge in [0.2, 0.25) is 0 Å². The molecule has 0 aliphatic carbocycles. The summed E-state index contributed by atoms with van der Waals surface area (Å²) >= 11 is 0. The first-order valence-corrected chi connectivity index (χ1v) is 13.4. The highest BCUT2D eigenvalue weighted by molar-refractivity contribution is 5.91. The van der Waals surface area contributed by atoms with E-state index in [4.69, 9.17) is 18.9 Å². The molecule has 230 valence electrons. The summed E-state index contributed by atoms with van der Waals surface area (Å²) in [5.41, 5.74) is 2.07. The number of benzene rings is 3. The fourth-order valence-corrected chi connectivity index (χ4v) is 3.47. The van der Waals surface area contributed by atoms with Crippen molar-refractivity contribution in [3.8, 4) is 34.1 Å². The Morgan fingerprint density at radius 2 is 0.911 bits per heavy atom. The highest BCUT2D eigenvalue weighted by Crippen LogP contribution is 2.32. The van der Waals surface area contributed by atoms with E-state index in [1.807, 2.05) is 0 Å². The standard InChI is InChI=1S/C36H31FO8/c1-20(2)33(38)42-28-13-24(14-29(18-28)43-34(39)21(3)4)9-10-25-11-12-26(17-32(25)37)27-15-30(44-35(40)22(5)6)19-31(16-27)45-36(41)23(7)8/h9-19H,1,3,5,7H2,2,4,6,8H3/b10-9+. The maximum Gasteiger partial charge on any atom is 0.338 e. The summed E-state index contributed by atoms with van der Waals surface area (Å²) < 4.78 is 36.6. The Morgan fingerprint density at radius 3 is 1.27 bits per heavy atom. The summed E-state index contributed by atoms with van der Waals surface area (Å²) in [5, 5.41) is 0. The van der Waals surface area contributed by atoms with Gasteiger partial charge in [0.1, 0.15) is 28.8 Å². The molecule has 0 aromatic heterocycles. The van der Waals surface area contributed by atoms with E-state index in [1.54, 1.807) is 12.1 Å². The molecule has 0 amide bonds. The van der Waals surface area contributed by atoms with Gasteiger partial charge in [-0.3, -0.25) is 0 Å². The van der Waals surface area contributed by atoms with Crippen LogP contribution in [0.2, 0.25) is 0 Å². The molecule has 0 aliphatic heterocycles. The zero-order chi connectivity index (χ0) is 33.4. The zero-order valence-corrected chi connectivity index (χ0v) is 25.3. The largest absolute Gasteiger partial charge is 0.423 e. The quantitative estimate of drug-likeness (QED) is 0.0947. The van der Waals surface area contributed by atoms with Gasteiger partial charge in [0.05, 0.1) is 0 Å². The van der Waals surface area contributed by atoms with Crippen molar-refractivity contribution in [2.75, 3.05) is 0 Å². The Bertz CT molecular complexity index is 1700. The lowest BCUT2D eigenvalue weighted by molar-refractivity contribution is -0.131. The molecule has 0 N–H and O–H groups in total. The smallest absolute Gasteiger partial charge is 0.338 e. The fraction of sp³-hybridized carbons (Fsp3) is 0.111. The number of halogens is 1. The van der Waals surface area contributed by atoms with E-state index in [0.29, 0.717) is 16.7 Å². The molecule has 0 radical (unpaired) electrons. The third-order valence-electron chi connectivity index (χ3n) is 5.81. The number of hydrogen-bond donors (Lipinski definition) is 0. The molecule has 0 saturated heterocycles. The average Bonchev–Trinajstić information content (AvgIpc) is 2.95. The molecule has 0 spiro atoms. The van der Waals surface area contributed by atoms with E-state index < -0.39 is 29.7 Å². The first-order valence-electron chi connectivity index (χ1n) is 13.4. The topological polar surface area (TPSA) is 105 Å². The maximum atomic E-state index is 15.3.